The van der Waals surface area contributed by atoms with Gasteiger partial charge in [-0.1, -0.05) is 50.2 Å². The molecule has 2 amide bonds. The highest BCUT2D eigenvalue weighted by molar-refractivity contribution is 5.98. The van der Waals surface area contributed by atoms with Crippen molar-refractivity contribution in [2.45, 2.75) is 39.8 Å². The molecule has 3 aromatic rings. The van der Waals surface area contributed by atoms with Gasteiger partial charge in [-0.2, -0.15) is 5.10 Å². The summed E-state index contributed by atoms with van der Waals surface area (Å²) in [5, 5.41) is 10.2. The quantitative estimate of drug-likeness (QED) is 0.602. The number of carbonyl (C=O) groups is 2. The first-order valence-corrected chi connectivity index (χ1v) is 10.2. The van der Waals surface area contributed by atoms with E-state index in [0.717, 1.165) is 16.8 Å². The van der Waals surface area contributed by atoms with Crippen LogP contribution in [0.1, 0.15) is 41.8 Å². The van der Waals surface area contributed by atoms with Gasteiger partial charge in [-0.3, -0.25) is 9.59 Å². The maximum atomic E-state index is 12.8. The summed E-state index contributed by atoms with van der Waals surface area (Å²) in [4.78, 5) is 25.5. The summed E-state index contributed by atoms with van der Waals surface area (Å²) in [6.45, 7) is 6.30. The molecule has 0 bridgehead atoms. The molecule has 3 rings (SSSR count). The number of nitrogens with zero attached hydrogens (tertiary/aromatic N) is 2. The van der Waals surface area contributed by atoms with E-state index in [1.807, 2.05) is 75.5 Å². The van der Waals surface area contributed by atoms with Gasteiger partial charge < -0.3 is 10.6 Å². The van der Waals surface area contributed by atoms with Crippen molar-refractivity contribution < 1.29 is 9.59 Å². The average Bonchev–Trinajstić information content (AvgIpc) is 3.21. The molecular weight excluding hydrogens is 376 g/mol. The Morgan fingerprint density at radius 3 is 2.43 bits per heavy atom. The second kappa shape index (κ2) is 9.87. The van der Waals surface area contributed by atoms with Gasteiger partial charge in [0.1, 0.15) is 6.04 Å². The van der Waals surface area contributed by atoms with Crippen LogP contribution in [0.4, 0.5) is 0 Å². The molecule has 0 saturated heterocycles. The number of hydrogen-bond donors (Lipinski definition) is 2. The zero-order valence-electron chi connectivity index (χ0n) is 17.6. The molecular formula is C24H28N4O2. The van der Waals surface area contributed by atoms with E-state index in [1.165, 1.54) is 0 Å². The molecule has 2 N–H and O–H groups in total. The van der Waals surface area contributed by atoms with E-state index in [2.05, 4.69) is 15.7 Å². The van der Waals surface area contributed by atoms with Gasteiger partial charge >= 0.3 is 0 Å². The third-order valence-corrected chi connectivity index (χ3v) is 4.84. The van der Waals surface area contributed by atoms with Crippen LogP contribution in [0, 0.1) is 12.8 Å². The minimum atomic E-state index is -0.596. The van der Waals surface area contributed by atoms with Crippen molar-refractivity contribution in [2.75, 3.05) is 0 Å². The van der Waals surface area contributed by atoms with Crippen LogP contribution in [0.25, 0.3) is 5.69 Å². The SMILES string of the molecule is Cc1ccccc1C(=O)NC(CC(C)C)C(=O)NCc1cnn(-c2ccccc2)c1. The lowest BCUT2D eigenvalue weighted by Gasteiger charge is -2.20. The van der Waals surface area contributed by atoms with Crippen molar-refractivity contribution in [3.63, 3.8) is 0 Å². The minimum Gasteiger partial charge on any atom is -0.350 e. The molecule has 1 heterocycles. The first-order chi connectivity index (χ1) is 14.4. The van der Waals surface area contributed by atoms with Gasteiger partial charge in [0, 0.05) is 23.9 Å². The van der Waals surface area contributed by atoms with Crippen LogP contribution in [0.15, 0.2) is 67.0 Å². The second-order valence-corrected chi connectivity index (χ2v) is 7.82. The fourth-order valence-electron chi connectivity index (χ4n) is 3.25. The standard InChI is InChI=1S/C24H28N4O2/c1-17(2)13-22(27-23(29)21-12-8-7-9-18(21)3)24(30)25-14-19-15-26-28(16-19)20-10-5-4-6-11-20/h4-12,15-17,22H,13-14H2,1-3H3,(H,25,30)(H,27,29). The largest absolute Gasteiger partial charge is 0.350 e. The van der Waals surface area contributed by atoms with E-state index >= 15 is 0 Å². The molecule has 2 aromatic carbocycles. The molecule has 1 aromatic heterocycles. The Balaban J connectivity index is 1.63. The van der Waals surface area contributed by atoms with Gasteiger partial charge in [0.2, 0.25) is 5.91 Å². The zero-order valence-corrected chi connectivity index (χ0v) is 17.6. The molecule has 6 heteroatoms. The lowest BCUT2D eigenvalue weighted by atomic mass is 10.0. The fourth-order valence-corrected chi connectivity index (χ4v) is 3.25. The summed E-state index contributed by atoms with van der Waals surface area (Å²) in [5.74, 6) is -0.164. The molecule has 30 heavy (non-hydrogen) atoms. The summed E-state index contributed by atoms with van der Waals surface area (Å²) in [7, 11) is 0. The van der Waals surface area contributed by atoms with Crippen LogP contribution in [-0.2, 0) is 11.3 Å². The lowest BCUT2D eigenvalue weighted by molar-refractivity contribution is -0.123. The summed E-state index contributed by atoms with van der Waals surface area (Å²) in [6, 6.07) is 16.6. The molecule has 6 nitrogen and oxygen atoms in total. The van der Waals surface area contributed by atoms with Gasteiger partial charge in [-0.05, 0) is 43.0 Å². The third kappa shape index (κ3) is 5.56. The van der Waals surface area contributed by atoms with E-state index in [1.54, 1.807) is 16.9 Å². The van der Waals surface area contributed by atoms with Gasteiger partial charge in [0.15, 0.2) is 0 Å². The Labute approximate surface area is 177 Å². The maximum Gasteiger partial charge on any atom is 0.252 e. The molecule has 0 aliphatic heterocycles. The molecule has 0 spiro atoms. The van der Waals surface area contributed by atoms with Crippen molar-refractivity contribution in [3.8, 4) is 5.69 Å². The highest BCUT2D eigenvalue weighted by atomic mass is 16.2. The number of nitrogens with one attached hydrogen (secondary N) is 2. The first-order valence-electron chi connectivity index (χ1n) is 10.2. The first kappa shape index (κ1) is 21.3. The fraction of sp³-hybridized carbons (Fsp3) is 0.292. The van der Waals surface area contributed by atoms with Gasteiger partial charge in [0.25, 0.3) is 5.91 Å². The van der Waals surface area contributed by atoms with Crippen LogP contribution in [0.3, 0.4) is 0 Å². The topological polar surface area (TPSA) is 76.0 Å². The Kier molecular flexibility index (Phi) is 7.01. The third-order valence-electron chi connectivity index (χ3n) is 4.84. The molecule has 0 aliphatic rings. The van der Waals surface area contributed by atoms with E-state index in [-0.39, 0.29) is 17.7 Å². The van der Waals surface area contributed by atoms with Crippen molar-refractivity contribution >= 4 is 11.8 Å². The van der Waals surface area contributed by atoms with Crippen LogP contribution in [0.2, 0.25) is 0 Å². The zero-order chi connectivity index (χ0) is 21.5. The predicted octanol–water partition coefficient (Wildman–Crippen LogP) is 3.64. The average molecular weight is 405 g/mol. The molecule has 156 valence electrons. The molecule has 1 unspecified atom stereocenters. The van der Waals surface area contributed by atoms with Crippen LogP contribution >= 0.6 is 0 Å². The summed E-state index contributed by atoms with van der Waals surface area (Å²) >= 11 is 0. The van der Waals surface area contributed by atoms with Crippen LogP contribution in [0.5, 0.6) is 0 Å². The summed E-state index contributed by atoms with van der Waals surface area (Å²) in [6.07, 6.45) is 4.18. The number of benzene rings is 2. The van der Waals surface area contributed by atoms with Crippen molar-refractivity contribution in [1.29, 1.82) is 0 Å². The van der Waals surface area contributed by atoms with Gasteiger partial charge in [-0.25, -0.2) is 4.68 Å². The Hall–Kier alpha value is -3.41. The molecule has 0 aliphatic carbocycles. The number of carbonyl (C=O) groups excluding carboxylic acids is 2. The smallest absolute Gasteiger partial charge is 0.252 e. The number of aromatic nitrogens is 2. The number of aryl methyl sites for hydroxylation is 1. The highest BCUT2D eigenvalue weighted by Crippen LogP contribution is 2.11. The summed E-state index contributed by atoms with van der Waals surface area (Å²) < 4.78 is 1.77. The van der Waals surface area contributed by atoms with Crippen molar-refractivity contribution in [2.24, 2.45) is 5.92 Å². The monoisotopic (exact) mass is 404 g/mol. The van der Waals surface area contributed by atoms with Crippen LogP contribution in [-0.4, -0.2) is 27.6 Å². The van der Waals surface area contributed by atoms with Crippen LogP contribution < -0.4 is 10.6 Å². The van der Waals surface area contributed by atoms with Gasteiger partial charge in [-0.15, -0.1) is 0 Å². The number of rotatable bonds is 8. The van der Waals surface area contributed by atoms with E-state index in [4.69, 9.17) is 0 Å². The molecule has 1 atom stereocenters. The van der Waals surface area contributed by atoms with E-state index < -0.39 is 6.04 Å². The van der Waals surface area contributed by atoms with Gasteiger partial charge in [0.05, 0.1) is 11.9 Å². The molecule has 0 fully saturated rings. The van der Waals surface area contributed by atoms with Crippen molar-refractivity contribution in [1.82, 2.24) is 20.4 Å². The predicted molar refractivity (Wildman–Crippen MR) is 117 cm³/mol. The maximum absolute atomic E-state index is 12.8. The highest BCUT2D eigenvalue weighted by Gasteiger charge is 2.23. The number of para-hydroxylation sites is 1. The Morgan fingerprint density at radius 2 is 1.73 bits per heavy atom. The van der Waals surface area contributed by atoms with E-state index in [9.17, 15) is 9.59 Å². The summed E-state index contributed by atoms with van der Waals surface area (Å²) in [5.41, 5.74) is 3.31. The van der Waals surface area contributed by atoms with Crippen molar-refractivity contribution in [3.05, 3.63) is 83.7 Å². The minimum absolute atomic E-state index is 0.196. The number of amides is 2. The number of hydrogen-bond acceptors (Lipinski definition) is 3. The molecule has 0 saturated carbocycles. The molecule has 0 radical (unpaired) electrons. The Morgan fingerprint density at radius 1 is 1.03 bits per heavy atom. The Bertz CT molecular complexity index is 995. The second-order valence-electron chi connectivity index (χ2n) is 7.82. The van der Waals surface area contributed by atoms with E-state index in [0.29, 0.717) is 18.5 Å². The normalized spacial score (nSPS) is 11.9. The lowest BCUT2D eigenvalue weighted by Crippen LogP contribution is -2.47.